The molecule has 0 atom stereocenters. The maximum Gasteiger partial charge on any atom is 0.238 e. The highest BCUT2D eigenvalue weighted by Gasteiger charge is 2.20. The van der Waals surface area contributed by atoms with Crippen molar-refractivity contribution in [2.24, 2.45) is 5.14 Å². The summed E-state index contributed by atoms with van der Waals surface area (Å²) in [6.07, 6.45) is 1.90. The number of rotatable bonds is 3. The van der Waals surface area contributed by atoms with Gasteiger partial charge in [0.1, 0.15) is 0 Å². The van der Waals surface area contributed by atoms with Crippen molar-refractivity contribution in [3.05, 3.63) is 79.0 Å². The number of sulfonamides is 1. The summed E-state index contributed by atoms with van der Waals surface area (Å²) in [7, 11) is -3.86. The quantitative estimate of drug-likeness (QED) is 0.583. The second-order valence-corrected chi connectivity index (χ2v) is 7.37. The van der Waals surface area contributed by atoms with E-state index in [1.807, 2.05) is 66.9 Å². The normalized spacial score (nSPS) is 11.7. The highest BCUT2D eigenvalue weighted by atomic mass is 32.2. The first-order valence-electron chi connectivity index (χ1n) is 7.83. The fourth-order valence-corrected chi connectivity index (χ4v) is 3.97. The molecule has 0 fully saturated rings. The molecule has 4 nitrogen and oxygen atoms in total. The second-order valence-electron chi connectivity index (χ2n) is 5.84. The van der Waals surface area contributed by atoms with Gasteiger partial charge in [-0.15, -0.1) is 0 Å². The topological polar surface area (TPSA) is 76.0 Å². The number of benzene rings is 3. The van der Waals surface area contributed by atoms with Gasteiger partial charge in [0.05, 0.1) is 4.90 Å². The lowest BCUT2D eigenvalue weighted by molar-refractivity contribution is 0.598. The molecule has 0 aliphatic carbocycles. The zero-order valence-corrected chi connectivity index (χ0v) is 14.1. The van der Waals surface area contributed by atoms with E-state index in [9.17, 15) is 8.42 Å². The Morgan fingerprint density at radius 2 is 1.48 bits per heavy atom. The van der Waals surface area contributed by atoms with Crippen LogP contribution in [0, 0.1) is 0 Å². The predicted molar refractivity (Wildman–Crippen MR) is 101 cm³/mol. The van der Waals surface area contributed by atoms with E-state index in [1.54, 1.807) is 12.1 Å². The minimum absolute atomic E-state index is 0.126. The van der Waals surface area contributed by atoms with E-state index in [1.165, 1.54) is 0 Å². The molecule has 0 saturated carbocycles. The molecule has 0 unspecified atom stereocenters. The molecule has 5 heteroatoms. The van der Waals surface area contributed by atoms with E-state index < -0.39 is 10.0 Å². The van der Waals surface area contributed by atoms with Gasteiger partial charge < -0.3 is 4.98 Å². The van der Waals surface area contributed by atoms with Crippen molar-refractivity contribution in [1.82, 2.24) is 4.98 Å². The van der Waals surface area contributed by atoms with Gasteiger partial charge >= 0.3 is 0 Å². The third-order valence-corrected chi connectivity index (χ3v) is 5.23. The number of nitrogens with two attached hydrogens (primary N) is 1. The average Bonchev–Trinajstić information content (AvgIpc) is 3.05. The molecule has 4 rings (SSSR count). The Hall–Kier alpha value is -2.89. The van der Waals surface area contributed by atoms with Crippen LogP contribution in [0.3, 0.4) is 0 Å². The molecule has 3 N–H and O–H groups in total. The highest BCUT2D eigenvalue weighted by molar-refractivity contribution is 7.89. The summed E-state index contributed by atoms with van der Waals surface area (Å²) in [6.45, 7) is 0. The molecule has 0 saturated heterocycles. The Balaban J connectivity index is 2.10. The Morgan fingerprint density at radius 3 is 2.24 bits per heavy atom. The summed E-state index contributed by atoms with van der Waals surface area (Å²) in [6, 6.07) is 22.6. The van der Waals surface area contributed by atoms with Gasteiger partial charge in [-0.2, -0.15) is 0 Å². The number of hydrogen-bond acceptors (Lipinski definition) is 2. The highest BCUT2D eigenvalue weighted by Crippen LogP contribution is 2.39. The molecular weight excluding hydrogens is 332 g/mol. The molecule has 1 heterocycles. The Morgan fingerprint density at radius 1 is 0.760 bits per heavy atom. The van der Waals surface area contributed by atoms with E-state index in [-0.39, 0.29) is 4.90 Å². The maximum atomic E-state index is 12.2. The third kappa shape index (κ3) is 2.73. The Bertz CT molecular complexity index is 1160. The van der Waals surface area contributed by atoms with Crippen LogP contribution in [-0.2, 0) is 10.0 Å². The average molecular weight is 348 g/mol. The molecule has 25 heavy (non-hydrogen) atoms. The maximum absolute atomic E-state index is 12.2. The van der Waals surface area contributed by atoms with Crippen LogP contribution in [0.1, 0.15) is 0 Å². The molecule has 4 aromatic rings. The first-order chi connectivity index (χ1) is 12.1. The smallest absolute Gasteiger partial charge is 0.238 e. The molecular formula is C20H16N2O2S. The van der Waals surface area contributed by atoms with Gasteiger partial charge in [0.15, 0.2) is 0 Å². The fourth-order valence-electron chi connectivity index (χ4n) is 3.19. The van der Waals surface area contributed by atoms with E-state index in [2.05, 4.69) is 4.98 Å². The van der Waals surface area contributed by atoms with Crippen molar-refractivity contribution in [2.75, 3.05) is 0 Å². The first kappa shape index (κ1) is 15.6. The van der Waals surface area contributed by atoms with Gasteiger partial charge in [0.25, 0.3) is 0 Å². The van der Waals surface area contributed by atoms with Crippen molar-refractivity contribution in [3.63, 3.8) is 0 Å². The van der Waals surface area contributed by atoms with Crippen LogP contribution < -0.4 is 5.14 Å². The molecule has 0 bridgehead atoms. The summed E-state index contributed by atoms with van der Waals surface area (Å²) in [5.41, 5.74) is 4.20. The number of para-hydroxylation sites is 1. The molecule has 0 spiro atoms. The van der Waals surface area contributed by atoms with E-state index in [0.717, 1.165) is 27.6 Å². The second kappa shape index (κ2) is 5.88. The molecule has 0 radical (unpaired) electrons. The monoisotopic (exact) mass is 348 g/mol. The Labute approximate surface area is 146 Å². The van der Waals surface area contributed by atoms with Crippen molar-refractivity contribution in [3.8, 4) is 22.3 Å². The van der Waals surface area contributed by atoms with Gasteiger partial charge in [-0.3, -0.25) is 0 Å². The lowest BCUT2D eigenvalue weighted by atomic mass is 9.94. The van der Waals surface area contributed by atoms with Gasteiger partial charge in [-0.05, 0) is 23.3 Å². The summed E-state index contributed by atoms with van der Waals surface area (Å²) >= 11 is 0. The van der Waals surface area contributed by atoms with E-state index in [0.29, 0.717) is 5.56 Å². The molecule has 3 aromatic carbocycles. The van der Waals surface area contributed by atoms with Gasteiger partial charge in [-0.1, -0.05) is 60.7 Å². The largest absolute Gasteiger partial charge is 0.361 e. The summed E-state index contributed by atoms with van der Waals surface area (Å²) < 4.78 is 24.4. The van der Waals surface area contributed by atoms with Crippen molar-refractivity contribution in [1.29, 1.82) is 0 Å². The van der Waals surface area contributed by atoms with E-state index >= 15 is 0 Å². The van der Waals surface area contributed by atoms with Gasteiger partial charge in [0, 0.05) is 28.2 Å². The number of aromatic amines is 1. The first-order valence-corrected chi connectivity index (χ1v) is 9.38. The number of primary sulfonamides is 1. The summed E-state index contributed by atoms with van der Waals surface area (Å²) in [4.78, 5) is 3.37. The minimum Gasteiger partial charge on any atom is -0.361 e. The predicted octanol–water partition coefficient (Wildman–Crippen LogP) is 4.15. The van der Waals surface area contributed by atoms with Gasteiger partial charge in [-0.25, -0.2) is 13.6 Å². The number of aromatic nitrogens is 1. The zero-order valence-electron chi connectivity index (χ0n) is 13.3. The van der Waals surface area contributed by atoms with Crippen molar-refractivity contribution in [2.45, 2.75) is 4.90 Å². The summed E-state index contributed by atoms with van der Waals surface area (Å²) in [5.74, 6) is 0. The molecule has 124 valence electrons. The third-order valence-electron chi connectivity index (χ3n) is 4.27. The van der Waals surface area contributed by atoms with Crippen LogP contribution >= 0.6 is 0 Å². The van der Waals surface area contributed by atoms with Crippen LogP contribution in [-0.4, -0.2) is 13.4 Å². The van der Waals surface area contributed by atoms with E-state index in [4.69, 9.17) is 5.14 Å². The number of nitrogens with one attached hydrogen (secondary N) is 1. The van der Waals surface area contributed by atoms with Gasteiger partial charge in [0.2, 0.25) is 10.0 Å². The number of H-pyrrole nitrogens is 1. The minimum atomic E-state index is -3.86. The van der Waals surface area contributed by atoms with Crippen LogP contribution in [0.15, 0.2) is 83.9 Å². The lowest BCUT2D eigenvalue weighted by Crippen LogP contribution is -2.13. The SMILES string of the molecule is NS(=O)(=O)c1cccc(-c2c[nH]c3ccccc23)c1-c1ccccc1. The van der Waals surface area contributed by atoms with Crippen LogP contribution in [0.25, 0.3) is 33.2 Å². The van der Waals surface area contributed by atoms with Crippen molar-refractivity contribution < 1.29 is 8.42 Å². The number of fused-ring (bicyclic) bond motifs is 1. The van der Waals surface area contributed by atoms with Crippen LogP contribution in [0.4, 0.5) is 0 Å². The lowest BCUT2D eigenvalue weighted by Gasteiger charge is -2.14. The standard InChI is InChI=1S/C20H16N2O2S/c21-25(23,24)19-12-6-10-16(20(19)14-7-2-1-3-8-14)17-13-22-18-11-5-4-9-15(17)18/h1-13,22H,(H2,21,23,24). The Kier molecular flexibility index (Phi) is 3.67. The van der Waals surface area contributed by atoms with Crippen LogP contribution in [0.5, 0.6) is 0 Å². The molecule has 0 aliphatic rings. The molecule has 0 aliphatic heterocycles. The fraction of sp³-hybridized carbons (Fsp3) is 0. The summed E-state index contributed by atoms with van der Waals surface area (Å²) in [5, 5.41) is 6.53. The van der Waals surface area contributed by atoms with Crippen molar-refractivity contribution >= 4 is 20.9 Å². The molecule has 0 amide bonds. The number of hydrogen-bond donors (Lipinski definition) is 2. The zero-order chi connectivity index (χ0) is 17.4. The van der Waals surface area contributed by atoms with Crippen LogP contribution in [0.2, 0.25) is 0 Å². The molecule has 1 aromatic heterocycles.